The van der Waals surface area contributed by atoms with Gasteiger partial charge in [0.25, 0.3) is 0 Å². The lowest BCUT2D eigenvalue weighted by molar-refractivity contribution is -0.133. The summed E-state index contributed by atoms with van der Waals surface area (Å²) < 4.78 is 0. The predicted molar refractivity (Wildman–Crippen MR) is 131 cm³/mol. The summed E-state index contributed by atoms with van der Waals surface area (Å²) in [6.07, 6.45) is 3.89. The number of fused-ring (bicyclic) bond motifs is 1. The highest BCUT2D eigenvalue weighted by Gasteiger charge is 2.33. The molecule has 176 valence electrons. The monoisotopic (exact) mass is 468 g/mol. The zero-order chi connectivity index (χ0) is 22.8. The molecule has 2 atom stereocenters. The van der Waals surface area contributed by atoms with Crippen LogP contribution in [-0.2, 0) is 11.2 Å². The van der Waals surface area contributed by atoms with Gasteiger partial charge in [-0.05, 0) is 36.5 Å². The number of hydrogen-bond acceptors (Lipinski definition) is 6. The highest BCUT2D eigenvalue weighted by atomic mass is 35.5. The molecule has 8 heteroatoms. The van der Waals surface area contributed by atoms with Crippen molar-refractivity contribution in [2.24, 2.45) is 0 Å². The maximum atomic E-state index is 13.7. The zero-order valence-corrected chi connectivity index (χ0v) is 20.1. The van der Waals surface area contributed by atoms with Crippen LogP contribution in [-0.4, -0.2) is 84.6 Å². The molecule has 0 radical (unpaired) electrons. The van der Waals surface area contributed by atoms with Gasteiger partial charge in [-0.1, -0.05) is 30.7 Å². The SMILES string of the molecule is C[C@@H]1CCc2ncnc(N3CCN(C(=O)[C@@H](CN4CCNCC4)c4ccc(Cl)cc4)CC3)c21. The number of carbonyl (C=O) groups excluding carboxylic acids is 1. The fourth-order valence-electron chi connectivity index (χ4n) is 5.41. The molecule has 2 saturated heterocycles. The van der Waals surface area contributed by atoms with Gasteiger partial charge in [0.1, 0.15) is 12.1 Å². The predicted octanol–water partition coefficient (Wildman–Crippen LogP) is 2.52. The highest BCUT2D eigenvalue weighted by Crippen LogP contribution is 2.37. The van der Waals surface area contributed by atoms with Gasteiger partial charge in [-0.2, -0.15) is 0 Å². The summed E-state index contributed by atoms with van der Waals surface area (Å²) in [6.45, 7) is 9.97. The summed E-state index contributed by atoms with van der Waals surface area (Å²) in [4.78, 5) is 29.7. The van der Waals surface area contributed by atoms with E-state index in [0.29, 0.717) is 10.9 Å². The first-order valence-corrected chi connectivity index (χ1v) is 12.5. The third-order valence-electron chi connectivity index (χ3n) is 7.36. The Hall–Kier alpha value is -2.22. The third kappa shape index (κ3) is 4.86. The van der Waals surface area contributed by atoms with Crippen molar-refractivity contribution in [3.05, 3.63) is 52.4 Å². The maximum Gasteiger partial charge on any atom is 0.231 e. The minimum atomic E-state index is -0.171. The van der Waals surface area contributed by atoms with E-state index in [0.717, 1.165) is 83.1 Å². The molecule has 3 heterocycles. The van der Waals surface area contributed by atoms with Crippen LogP contribution < -0.4 is 10.2 Å². The van der Waals surface area contributed by atoms with E-state index in [1.165, 1.54) is 11.3 Å². The van der Waals surface area contributed by atoms with E-state index >= 15 is 0 Å². The van der Waals surface area contributed by atoms with E-state index in [2.05, 4.69) is 32.0 Å². The molecule has 1 N–H and O–H groups in total. The van der Waals surface area contributed by atoms with Crippen LogP contribution in [0.15, 0.2) is 30.6 Å². The molecule has 1 aromatic heterocycles. The summed E-state index contributed by atoms with van der Waals surface area (Å²) in [6, 6.07) is 7.80. The number of nitrogens with zero attached hydrogens (tertiary/aromatic N) is 5. The summed E-state index contributed by atoms with van der Waals surface area (Å²) in [5.74, 6) is 1.63. The van der Waals surface area contributed by atoms with Crippen molar-refractivity contribution in [1.29, 1.82) is 0 Å². The zero-order valence-electron chi connectivity index (χ0n) is 19.3. The van der Waals surface area contributed by atoms with Gasteiger partial charge in [-0.15, -0.1) is 0 Å². The molecule has 0 spiro atoms. The third-order valence-corrected chi connectivity index (χ3v) is 7.62. The second-order valence-electron chi connectivity index (χ2n) is 9.46. The Kier molecular flexibility index (Phi) is 6.81. The molecule has 5 rings (SSSR count). The number of aryl methyl sites for hydroxylation is 1. The lowest BCUT2D eigenvalue weighted by Gasteiger charge is -2.39. The van der Waals surface area contributed by atoms with Crippen LogP contribution in [0.4, 0.5) is 5.82 Å². The molecular weight excluding hydrogens is 436 g/mol. The van der Waals surface area contributed by atoms with Crippen LogP contribution >= 0.6 is 11.6 Å². The number of anilines is 1. The Labute approximate surface area is 201 Å². The van der Waals surface area contributed by atoms with Crippen molar-refractivity contribution in [1.82, 2.24) is 25.1 Å². The van der Waals surface area contributed by atoms with Crippen molar-refractivity contribution in [2.75, 3.05) is 63.8 Å². The fraction of sp³-hybridized carbons (Fsp3) is 0.560. The quantitative estimate of drug-likeness (QED) is 0.727. The first-order valence-electron chi connectivity index (χ1n) is 12.2. The minimum absolute atomic E-state index is 0.171. The van der Waals surface area contributed by atoms with Gasteiger partial charge in [0.2, 0.25) is 5.91 Å². The van der Waals surface area contributed by atoms with Gasteiger partial charge in [-0.25, -0.2) is 9.97 Å². The topological polar surface area (TPSA) is 64.6 Å². The van der Waals surface area contributed by atoms with Crippen LogP contribution in [0.1, 0.15) is 42.0 Å². The van der Waals surface area contributed by atoms with Gasteiger partial charge in [0.05, 0.1) is 5.92 Å². The normalized spacial score (nSPS) is 22.3. The number of aromatic nitrogens is 2. The number of rotatable bonds is 5. The maximum absolute atomic E-state index is 13.7. The summed E-state index contributed by atoms with van der Waals surface area (Å²) in [5, 5.41) is 4.10. The molecule has 0 unspecified atom stereocenters. The van der Waals surface area contributed by atoms with Crippen LogP contribution in [0.25, 0.3) is 0 Å². The van der Waals surface area contributed by atoms with E-state index in [4.69, 9.17) is 11.6 Å². The van der Waals surface area contributed by atoms with Crippen molar-refractivity contribution in [2.45, 2.75) is 31.6 Å². The van der Waals surface area contributed by atoms with E-state index in [1.54, 1.807) is 6.33 Å². The lowest BCUT2D eigenvalue weighted by Crippen LogP contribution is -2.52. The van der Waals surface area contributed by atoms with Crippen molar-refractivity contribution < 1.29 is 4.79 Å². The Morgan fingerprint density at radius 1 is 1.09 bits per heavy atom. The van der Waals surface area contributed by atoms with Gasteiger partial charge >= 0.3 is 0 Å². The molecule has 1 aliphatic carbocycles. The van der Waals surface area contributed by atoms with Crippen molar-refractivity contribution in [3.8, 4) is 0 Å². The molecule has 0 bridgehead atoms. The molecule has 2 fully saturated rings. The molecule has 1 amide bonds. The number of benzene rings is 1. The molecule has 1 aromatic carbocycles. The Morgan fingerprint density at radius 3 is 2.55 bits per heavy atom. The lowest BCUT2D eigenvalue weighted by atomic mass is 9.96. The molecule has 7 nitrogen and oxygen atoms in total. The molecule has 2 aromatic rings. The Morgan fingerprint density at radius 2 is 1.82 bits per heavy atom. The first-order chi connectivity index (χ1) is 16.1. The number of carbonyl (C=O) groups is 1. The van der Waals surface area contributed by atoms with Gasteiger partial charge < -0.3 is 15.1 Å². The molecule has 3 aliphatic rings. The molecular formula is C25H33ClN6O. The summed E-state index contributed by atoms with van der Waals surface area (Å²) in [5.41, 5.74) is 3.56. The number of hydrogen-bond donors (Lipinski definition) is 1. The highest BCUT2D eigenvalue weighted by molar-refractivity contribution is 6.30. The summed E-state index contributed by atoms with van der Waals surface area (Å²) in [7, 11) is 0. The number of halogens is 1. The average Bonchev–Trinajstić information content (AvgIpc) is 3.24. The van der Waals surface area contributed by atoms with Crippen LogP contribution in [0.3, 0.4) is 0 Å². The molecule has 0 saturated carbocycles. The average molecular weight is 469 g/mol. The Bertz CT molecular complexity index is 969. The fourth-order valence-corrected chi connectivity index (χ4v) is 5.53. The first kappa shape index (κ1) is 22.6. The Balaban J connectivity index is 1.29. The van der Waals surface area contributed by atoms with Gasteiger partial charge in [-0.3, -0.25) is 9.69 Å². The van der Waals surface area contributed by atoms with E-state index in [1.807, 2.05) is 29.2 Å². The van der Waals surface area contributed by atoms with E-state index < -0.39 is 0 Å². The van der Waals surface area contributed by atoms with Crippen LogP contribution in [0, 0.1) is 0 Å². The molecule has 33 heavy (non-hydrogen) atoms. The smallest absolute Gasteiger partial charge is 0.231 e. The standard InChI is InChI=1S/C25H33ClN6O/c1-18-2-7-22-23(18)24(29-17-28-22)31-12-14-32(15-13-31)25(33)21(16-30-10-8-27-9-11-30)19-3-5-20(26)6-4-19/h3-6,17-18,21,27H,2,7-16H2,1H3/t18-,21+/m1/s1. The second-order valence-corrected chi connectivity index (χ2v) is 9.90. The number of nitrogens with one attached hydrogen (secondary N) is 1. The summed E-state index contributed by atoms with van der Waals surface area (Å²) >= 11 is 6.13. The van der Waals surface area contributed by atoms with E-state index in [-0.39, 0.29) is 11.8 Å². The van der Waals surface area contributed by atoms with Crippen molar-refractivity contribution >= 4 is 23.3 Å². The van der Waals surface area contributed by atoms with Crippen LogP contribution in [0.2, 0.25) is 5.02 Å². The van der Waals surface area contributed by atoms with Gasteiger partial charge in [0.15, 0.2) is 0 Å². The second kappa shape index (κ2) is 9.95. The number of piperazine rings is 2. The van der Waals surface area contributed by atoms with Gasteiger partial charge in [0, 0.05) is 75.2 Å². The van der Waals surface area contributed by atoms with E-state index in [9.17, 15) is 4.79 Å². The minimum Gasteiger partial charge on any atom is -0.353 e. The number of amides is 1. The van der Waals surface area contributed by atoms with Crippen LogP contribution in [0.5, 0.6) is 0 Å². The molecule has 2 aliphatic heterocycles. The van der Waals surface area contributed by atoms with Crippen molar-refractivity contribution in [3.63, 3.8) is 0 Å². The largest absolute Gasteiger partial charge is 0.353 e.